The van der Waals surface area contributed by atoms with Gasteiger partial charge in [0.25, 0.3) is 5.91 Å². The van der Waals surface area contributed by atoms with E-state index >= 15 is 0 Å². The number of benzene rings is 1. The summed E-state index contributed by atoms with van der Waals surface area (Å²) in [7, 11) is -0.701. The second kappa shape index (κ2) is 5.31. The van der Waals surface area contributed by atoms with Crippen LogP contribution in [0.15, 0.2) is 24.3 Å². The number of rotatable bonds is 2. The zero-order valence-electron chi connectivity index (χ0n) is 9.52. The van der Waals surface area contributed by atoms with Crippen molar-refractivity contribution in [1.29, 1.82) is 0 Å². The van der Waals surface area contributed by atoms with Gasteiger partial charge >= 0.3 is 0 Å². The molecule has 0 atom stereocenters. The second-order valence-electron chi connectivity index (χ2n) is 4.18. The Hall–Kier alpha value is -1.36. The Morgan fingerprint density at radius 3 is 2.59 bits per heavy atom. The lowest BCUT2D eigenvalue weighted by Gasteiger charge is -2.22. The SMILES string of the molecule is Nc1ccccc1C(=O)NC1CCS(=O)CC1. The van der Waals surface area contributed by atoms with Crippen LogP contribution in [-0.2, 0) is 10.8 Å². The Labute approximate surface area is 103 Å². The van der Waals surface area contributed by atoms with Crippen LogP contribution in [0.25, 0.3) is 0 Å². The number of amides is 1. The number of nitrogen functional groups attached to an aromatic ring is 1. The zero-order chi connectivity index (χ0) is 12.3. The van der Waals surface area contributed by atoms with Crippen molar-refractivity contribution in [2.24, 2.45) is 0 Å². The number of nitrogens with one attached hydrogen (secondary N) is 1. The van der Waals surface area contributed by atoms with Crippen LogP contribution in [0.3, 0.4) is 0 Å². The van der Waals surface area contributed by atoms with Crippen molar-refractivity contribution in [1.82, 2.24) is 5.32 Å². The maximum atomic E-state index is 11.9. The van der Waals surface area contributed by atoms with Crippen LogP contribution in [0.1, 0.15) is 23.2 Å². The van der Waals surface area contributed by atoms with Crippen molar-refractivity contribution in [2.45, 2.75) is 18.9 Å². The lowest BCUT2D eigenvalue weighted by molar-refractivity contribution is 0.0935. The van der Waals surface area contributed by atoms with E-state index in [2.05, 4.69) is 5.32 Å². The molecule has 3 N–H and O–H groups in total. The molecule has 1 saturated heterocycles. The smallest absolute Gasteiger partial charge is 0.253 e. The fourth-order valence-corrected chi connectivity index (χ4v) is 3.20. The highest BCUT2D eigenvalue weighted by Crippen LogP contribution is 2.13. The number of carbonyl (C=O) groups excluding carboxylic acids is 1. The first-order valence-corrected chi connectivity index (χ1v) is 7.16. The van der Waals surface area contributed by atoms with Crippen molar-refractivity contribution in [3.8, 4) is 0 Å². The Balaban J connectivity index is 1.98. The van der Waals surface area contributed by atoms with Crippen LogP contribution >= 0.6 is 0 Å². The van der Waals surface area contributed by atoms with Gasteiger partial charge in [-0.3, -0.25) is 9.00 Å². The molecule has 0 radical (unpaired) electrons. The quantitative estimate of drug-likeness (QED) is 0.768. The first kappa shape index (κ1) is 12.1. The van der Waals surface area contributed by atoms with Crippen LogP contribution in [0, 0.1) is 0 Å². The first-order valence-electron chi connectivity index (χ1n) is 5.67. The van der Waals surface area contributed by atoms with Crippen LogP contribution in [-0.4, -0.2) is 27.7 Å². The molecule has 2 rings (SSSR count). The van der Waals surface area contributed by atoms with Crippen LogP contribution in [0.2, 0.25) is 0 Å². The van der Waals surface area contributed by atoms with E-state index in [1.165, 1.54) is 0 Å². The molecule has 1 aliphatic heterocycles. The van der Waals surface area contributed by atoms with Gasteiger partial charge in [-0.25, -0.2) is 0 Å². The summed E-state index contributed by atoms with van der Waals surface area (Å²) in [4.78, 5) is 11.9. The molecule has 1 amide bonds. The maximum absolute atomic E-state index is 11.9. The molecule has 92 valence electrons. The number of nitrogens with two attached hydrogens (primary N) is 1. The van der Waals surface area contributed by atoms with Crippen LogP contribution in [0.4, 0.5) is 5.69 Å². The zero-order valence-corrected chi connectivity index (χ0v) is 10.3. The van der Waals surface area contributed by atoms with E-state index < -0.39 is 10.8 Å². The minimum absolute atomic E-state index is 0.125. The lowest BCUT2D eigenvalue weighted by atomic mass is 10.1. The molecule has 5 heteroatoms. The van der Waals surface area contributed by atoms with E-state index in [0.717, 1.165) is 12.8 Å². The van der Waals surface area contributed by atoms with E-state index in [9.17, 15) is 9.00 Å². The summed E-state index contributed by atoms with van der Waals surface area (Å²) in [5.41, 5.74) is 6.74. The number of para-hydroxylation sites is 1. The predicted octanol–water partition coefficient (Wildman–Crippen LogP) is 0.910. The van der Waals surface area contributed by atoms with Gasteiger partial charge < -0.3 is 11.1 Å². The van der Waals surface area contributed by atoms with Crippen LogP contribution in [0.5, 0.6) is 0 Å². The molecular formula is C12H16N2O2S. The molecule has 0 spiro atoms. The van der Waals surface area contributed by atoms with Crippen LogP contribution < -0.4 is 11.1 Å². The third-order valence-electron chi connectivity index (χ3n) is 2.93. The van der Waals surface area contributed by atoms with Crippen molar-refractivity contribution in [3.05, 3.63) is 29.8 Å². The average Bonchev–Trinajstić information content (AvgIpc) is 2.32. The minimum atomic E-state index is -0.701. The molecule has 0 aliphatic carbocycles. The highest BCUT2D eigenvalue weighted by atomic mass is 32.2. The number of hydrogen-bond acceptors (Lipinski definition) is 3. The molecule has 0 saturated carbocycles. The Morgan fingerprint density at radius 1 is 1.29 bits per heavy atom. The molecule has 1 aromatic carbocycles. The van der Waals surface area contributed by atoms with Gasteiger partial charge in [-0.2, -0.15) is 0 Å². The summed E-state index contributed by atoms with van der Waals surface area (Å²) in [6, 6.07) is 7.15. The number of hydrogen-bond donors (Lipinski definition) is 2. The van der Waals surface area contributed by atoms with Crippen molar-refractivity contribution in [3.63, 3.8) is 0 Å². The third kappa shape index (κ3) is 3.06. The van der Waals surface area contributed by atoms with Gasteiger partial charge in [-0.1, -0.05) is 12.1 Å². The van der Waals surface area contributed by atoms with Crippen molar-refractivity contribution in [2.75, 3.05) is 17.2 Å². The molecule has 0 unspecified atom stereocenters. The summed E-state index contributed by atoms with van der Waals surface area (Å²) < 4.78 is 11.2. The van der Waals surface area contributed by atoms with Gasteiger partial charge in [0.1, 0.15) is 0 Å². The summed E-state index contributed by atoms with van der Waals surface area (Å²) in [5.74, 6) is 1.21. The fraction of sp³-hybridized carbons (Fsp3) is 0.417. The molecule has 1 aliphatic rings. The largest absolute Gasteiger partial charge is 0.398 e. The molecule has 1 heterocycles. The Morgan fingerprint density at radius 2 is 1.94 bits per heavy atom. The average molecular weight is 252 g/mol. The summed E-state index contributed by atoms with van der Waals surface area (Å²) in [6.07, 6.45) is 1.57. The maximum Gasteiger partial charge on any atom is 0.253 e. The van der Waals surface area contributed by atoms with Gasteiger partial charge in [0, 0.05) is 34.0 Å². The highest BCUT2D eigenvalue weighted by Gasteiger charge is 2.20. The molecular weight excluding hydrogens is 236 g/mol. The Kier molecular flexibility index (Phi) is 3.78. The second-order valence-corrected chi connectivity index (χ2v) is 5.88. The molecule has 1 fully saturated rings. The lowest BCUT2D eigenvalue weighted by Crippen LogP contribution is -2.39. The van der Waals surface area contributed by atoms with Gasteiger partial charge in [0.15, 0.2) is 0 Å². The standard InChI is InChI=1S/C12H16N2O2S/c13-11-4-2-1-3-10(11)12(15)14-9-5-7-17(16)8-6-9/h1-4,9H,5-8,13H2,(H,14,15). The summed E-state index contributed by atoms with van der Waals surface area (Å²) >= 11 is 0. The van der Waals surface area contributed by atoms with E-state index in [1.54, 1.807) is 24.3 Å². The topological polar surface area (TPSA) is 72.2 Å². The normalized spacial score (nSPS) is 24.2. The van der Waals surface area contributed by atoms with E-state index in [-0.39, 0.29) is 11.9 Å². The molecule has 17 heavy (non-hydrogen) atoms. The van der Waals surface area contributed by atoms with E-state index in [4.69, 9.17) is 5.73 Å². The van der Waals surface area contributed by atoms with Gasteiger partial charge in [0.05, 0.1) is 5.56 Å². The number of anilines is 1. The highest BCUT2D eigenvalue weighted by molar-refractivity contribution is 7.85. The third-order valence-corrected chi connectivity index (χ3v) is 4.31. The minimum Gasteiger partial charge on any atom is -0.398 e. The molecule has 1 aromatic rings. The van der Waals surface area contributed by atoms with Gasteiger partial charge in [-0.15, -0.1) is 0 Å². The fourth-order valence-electron chi connectivity index (χ4n) is 1.91. The monoisotopic (exact) mass is 252 g/mol. The Bertz CT molecular complexity index is 438. The first-order chi connectivity index (χ1) is 8.16. The predicted molar refractivity (Wildman–Crippen MR) is 69.2 cm³/mol. The number of carbonyl (C=O) groups is 1. The van der Waals surface area contributed by atoms with Crippen molar-refractivity contribution < 1.29 is 9.00 Å². The van der Waals surface area contributed by atoms with Gasteiger partial charge in [0.2, 0.25) is 0 Å². The van der Waals surface area contributed by atoms with E-state index in [1.807, 2.05) is 0 Å². The van der Waals surface area contributed by atoms with Gasteiger partial charge in [-0.05, 0) is 25.0 Å². The molecule has 0 aromatic heterocycles. The summed E-state index contributed by atoms with van der Waals surface area (Å²) in [5, 5.41) is 2.94. The summed E-state index contributed by atoms with van der Waals surface area (Å²) in [6.45, 7) is 0. The van der Waals surface area contributed by atoms with Crippen molar-refractivity contribution >= 4 is 22.4 Å². The molecule has 0 bridgehead atoms. The molecule has 4 nitrogen and oxygen atoms in total. The van der Waals surface area contributed by atoms with E-state index in [0.29, 0.717) is 22.8 Å².